The lowest BCUT2D eigenvalue weighted by molar-refractivity contribution is -0.129. The Morgan fingerprint density at radius 1 is 1.07 bits per heavy atom. The van der Waals surface area contributed by atoms with E-state index in [1.807, 2.05) is 0 Å². The average molecular weight is 402 g/mol. The minimum absolute atomic E-state index is 0.186. The van der Waals surface area contributed by atoms with E-state index in [-0.39, 0.29) is 12.5 Å². The summed E-state index contributed by atoms with van der Waals surface area (Å²) in [5.41, 5.74) is 0.981. The fraction of sp³-hybridized carbons (Fsp3) is 0.238. The first kappa shape index (κ1) is 21.7. The first-order valence-electron chi connectivity index (χ1n) is 8.66. The quantitative estimate of drug-likeness (QED) is 0.687. The third-order valence-electron chi connectivity index (χ3n) is 3.97. The van der Waals surface area contributed by atoms with Gasteiger partial charge in [0.1, 0.15) is 5.82 Å². The molecular formula is C21H23FN2O5. The van der Waals surface area contributed by atoms with Crippen LogP contribution in [0.25, 0.3) is 6.08 Å². The van der Waals surface area contributed by atoms with E-state index >= 15 is 0 Å². The first-order valence-corrected chi connectivity index (χ1v) is 8.66. The standard InChI is InChI=1S/C21H23FN2O5/c1-24(13-19(25)23-16-7-5-6-15(22)12-16)20(26)9-8-14-10-17(27-2)21(29-4)18(11-14)28-3/h5-12H,13H2,1-4H3,(H,23,25). The summed E-state index contributed by atoms with van der Waals surface area (Å²) in [6.07, 6.45) is 2.91. The number of methoxy groups -OCH3 is 3. The predicted octanol–water partition coefficient (Wildman–Crippen LogP) is 2.96. The van der Waals surface area contributed by atoms with Gasteiger partial charge in [0.15, 0.2) is 11.5 Å². The van der Waals surface area contributed by atoms with Crippen LogP contribution in [0, 0.1) is 5.82 Å². The third-order valence-corrected chi connectivity index (χ3v) is 3.97. The van der Waals surface area contributed by atoms with Gasteiger partial charge < -0.3 is 24.4 Å². The van der Waals surface area contributed by atoms with Gasteiger partial charge in [-0.25, -0.2) is 4.39 Å². The van der Waals surface area contributed by atoms with Crippen molar-refractivity contribution in [3.05, 3.63) is 53.9 Å². The van der Waals surface area contributed by atoms with E-state index < -0.39 is 11.7 Å². The Kier molecular flexibility index (Phi) is 7.59. The van der Waals surface area contributed by atoms with E-state index in [2.05, 4.69) is 5.32 Å². The first-order chi connectivity index (χ1) is 13.9. The summed E-state index contributed by atoms with van der Waals surface area (Å²) in [7, 11) is 6.00. The third kappa shape index (κ3) is 5.97. The van der Waals surface area contributed by atoms with Crippen molar-refractivity contribution in [2.24, 2.45) is 0 Å². The molecule has 0 aromatic heterocycles. The topological polar surface area (TPSA) is 77.1 Å². The van der Waals surface area contributed by atoms with E-state index in [0.29, 0.717) is 28.5 Å². The number of nitrogens with one attached hydrogen (secondary N) is 1. The molecule has 0 heterocycles. The largest absolute Gasteiger partial charge is 0.493 e. The number of benzene rings is 2. The van der Waals surface area contributed by atoms with Crippen molar-refractivity contribution >= 4 is 23.6 Å². The molecule has 2 aromatic carbocycles. The Balaban J connectivity index is 2.03. The van der Waals surface area contributed by atoms with Crippen LogP contribution in [0.1, 0.15) is 5.56 Å². The summed E-state index contributed by atoms with van der Waals surface area (Å²) in [6, 6.07) is 8.92. The maximum Gasteiger partial charge on any atom is 0.246 e. The van der Waals surface area contributed by atoms with Gasteiger partial charge in [-0.2, -0.15) is 0 Å². The van der Waals surface area contributed by atoms with E-state index in [0.717, 1.165) is 0 Å². The van der Waals surface area contributed by atoms with Crippen molar-refractivity contribution in [1.29, 1.82) is 0 Å². The van der Waals surface area contributed by atoms with Gasteiger partial charge in [-0.15, -0.1) is 0 Å². The Bertz CT molecular complexity index is 889. The summed E-state index contributed by atoms with van der Waals surface area (Å²) >= 11 is 0. The lowest BCUT2D eigenvalue weighted by atomic mass is 10.1. The molecule has 0 bridgehead atoms. The number of ether oxygens (including phenoxy) is 3. The smallest absolute Gasteiger partial charge is 0.246 e. The highest BCUT2D eigenvalue weighted by Gasteiger charge is 2.14. The van der Waals surface area contributed by atoms with E-state index in [4.69, 9.17) is 14.2 Å². The lowest BCUT2D eigenvalue weighted by Gasteiger charge is -2.15. The molecule has 0 atom stereocenters. The molecule has 154 valence electrons. The van der Waals surface area contributed by atoms with E-state index in [9.17, 15) is 14.0 Å². The second-order valence-corrected chi connectivity index (χ2v) is 6.04. The van der Waals surface area contributed by atoms with Crippen molar-refractivity contribution < 1.29 is 28.2 Å². The molecule has 2 rings (SSSR count). The molecule has 2 aromatic rings. The molecule has 7 nitrogen and oxygen atoms in total. The Morgan fingerprint density at radius 2 is 1.72 bits per heavy atom. The van der Waals surface area contributed by atoms with Crippen LogP contribution in [-0.4, -0.2) is 51.6 Å². The van der Waals surface area contributed by atoms with Crippen LogP contribution >= 0.6 is 0 Å². The molecule has 0 aliphatic heterocycles. The van der Waals surface area contributed by atoms with Crippen molar-refractivity contribution in [2.45, 2.75) is 0 Å². The van der Waals surface area contributed by atoms with Gasteiger partial charge in [0.2, 0.25) is 17.6 Å². The van der Waals surface area contributed by atoms with Crippen molar-refractivity contribution in [3.63, 3.8) is 0 Å². The number of rotatable bonds is 8. The van der Waals surface area contributed by atoms with Crippen LogP contribution in [0.4, 0.5) is 10.1 Å². The maximum atomic E-state index is 13.2. The Morgan fingerprint density at radius 3 is 2.28 bits per heavy atom. The lowest BCUT2D eigenvalue weighted by Crippen LogP contribution is -2.33. The van der Waals surface area contributed by atoms with Crippen LogP contribution < -0.4 is 19.5 Å². The molecule has 0 fully saturated rings. The minimum Gasteiger partial charge on any atom is -0.493 e. The summed E-state index contributed by atoms with van der Waals surface area (Å²) in [6.45, 7) is -0.186. The van der Waals surface area contributed by atoms with Crippen LogP contribution in [0.3, 0.4) is 0 Å². The summed E-state index contributed by atoms with van der Waals surface area (Å²) in [4.78, 5) is 25.6. The molecule has 29 heavy (non-hydrogen) atoms. The molecule has 0 spiro atoms. The second kappa shape index (κ2) is 10.1. The van der Waals surface area contributed by atoms with Gasteiger partial charge in [-0.05, 0) is 42.0 Å². The van der Waals surface area contributed by atoms with Gasteiger partial charge in [-0.1, -0.05) is 6.07 Å². The highest BCUT2D eigenvalue weighted by atomic mass is 19.1. The molecular weight excluding hydrogens is 379 g/mol. The molecule has 0 saturated carbocycles. The molecule has 2 amide bonds. The Labute approximate surface area is 168 Å². The fourth-order valence-corrected chi connectivity index (χ4v) is 2.55. The normalized spacial score (nSPS) is 10.5. The zero-order chi connectivity index (χ0) is 21.4. The molecule has 0 unspecified atom stereocenters. The number of hydrogen-bond donors (Lipinski definition) is 1. The zero-order valence-corrected chi connectivity index (χ0v) is 16.7. The molecule has 0 radical (unpaired) electrons. The highest BCUT2D eigenvalue weighted by Crippen LogP contribution is 2.38. The molecule has 0 aliphatic rings. The second-order valence-electron chi connectivity index (χ2n) is 6.04. The SMILES string of the molecule is COc1cc(C=CC(=O)N(C)CC(=O)Nc2cccc(F)c2)cc(OC)c1OC. The number of halogens is 1. The monoisotopic (exact) mass is 402 g/mol. The summed E-state index contributed by atoms with van der Waals surface area (Å²) in [5, 5.41) is 2.54. The highest BCUT2D eigenvalue weighted by molar-refractivity contribution is 5.98. The minimum atomic E-state index is -0.458. The van der Waals surface area contributed by atoms with Gasteiger partial charge in [0, 0.05) is 18.8 Å². The zero-order valence-electron chi connectivity index (χ0n) is 16.7. The number of amides is 2. The molecule has 0 aliphatic carbocycles. The van der Waals surface area contributed by atoms with Gasteiger partial charge in [0.25, 0.3) is 0 Å². The van der Waals surface area contributed by atoms with Gasteiger partial charge in [-0.3, -0.25) is 9.59 Å². The molecule has 1 N–H and O–H groups in total. The number of anilines is 1. The number of nitrogens with zero attached hydrogens (tertiary/aromatic N) is 1. The van der Waals surface area contributed by atoms with Crippen LogP contribution in [0.15, 0.2) is 42.5 Å². The van der Waals surface area contributed by atoms with Crippen molar-refractivity contribution in [2.75, 3.05) is 40.2 Å². The van der Waals surface area contributed by atoms with Crippen molar-refractivity contribution in [3.8, 4) is 17.2 Å². The Hall–Kier alpha value is -3.55. The van der Waals surface area contributed by atoms with E-state index in [1.165, 1.54) is 57.6 Å². The van der Waals surface area contributed by atoms with Crippen molar-refractivity contribution in [1.82, 2.24) is 4.90 Å². The van der Waals surface area contributed by atoms with Crippen LogP contribution in [0.2, 0.25) is 0 Å². The molecule has 8 heteroatoms. The maximum absolute atomic E-state index is 13.2. The van der Waals surface area contributed by atoms with E-state index in [1.54, 1.807) is 24.3 Å². The summed E-state index contributed by atoms with van der Waals surface area (Å²) in [5.74, 6) is 0.0921. The van der Waals surface area contributed by atoms with Gasteiger partial charge in [0.05, 0.1) is 27.9 Å². The average Bonchev–Trinajstić information content (AvgIpc) is 2.70. The summed E-state index contributed by atoms with van der Waals surface area (Å²) < 4.78 is 29.0. The predicted molar refractivity (Wildman–Crippen MR) is 108 cm³/mol. The van der Waals surface area contributed by atoms with Crippen LogP contribution in [-0.2, 0) is 9.59 Å². The van der Waals surface area contributed by atoms with Crippen LogP contribution in [0.5, 0.6) is 17.2 Å². The number of carbonyl (C=O) groups excluding carboxylic acids is 2. The number of likely N-dealkylation sites (N-methyl/N-ethyl adjacent to an activating group) is 1. The fourth-order valence-electron chi connectivity index (χ4n) is 2.55. The number of hydrogen-bond acceptors (Lipinski definition) is 5. The molecule has 0 saturated heterocycles. The van der Waals surface area contributed by atoms with Gasteiger partial charge >= 0.3 is 0 Å². The number of carbonyl (C=O) groups is 2.